The smallest absolute Gasteiger partial charge is 0.335 e. The van der Waals surface area contributed by atoms with Gasteiger partial charge in [-0.05, 0) is 49.4 Å². The molecule has 0 saturated heterocycles. The molecule has 2 rings (SSSR count). The molecule has 0 atom stereocenters. The first kappa shape index (κ1) is 19.0. The van der Waals surface area contributed by atoms with Crippen LogP contribution in [0.4, 0.5) is 5.69 Å². The number of benzene rings is 2. The number of anilines is 1. The average Bonchev–Trinajstić information content (AvgIpc) is 2.62. The quantitative estimate of drug-likeness (QED) is 0.591. The first-order chi connectivity index (χ1) is 12.4. The molecule has 0 unspecified atom stereocenters. The van der Waals surface area contributed by atoms with Gasteiger partial charge in [0, 0.05) is 16.3 Å². The highest BCUT2D eigenvalue weighted by Gasteiger charge is 2.13. The van der Waals surface area contributed by atoms with E-state index < -0.39 is 11.9 Å². The zero-order valence-electron chi connectivity index (χ0n) is 13.8. The standard InChI is InChI=1S/C19H15ClN2O4/c1-2-26-17-7-6-15(20)9-13(17)8-14(11-21)18(23)22-16-5-3-4-12(10-16)19(24)25/h3-10H,2H2,1H3,(H,22,23)(H,24,25)/b14-8+. The average molecular weight is 371 g/mol. The van der Waals surface area contributed by atoms with Crippen molar-refractivity contribution in [2.45, 2.75) is 6.92 Å². The van der Waals surface area contributed by atoms with Gasteiger partial charge in [-0.1, -0.05) is 17.7 Å². The highest BCUT2D eigenvalue weighted by molar-refractivity contribution is 6.30. The van der Waals surface area contributed by atoms with E-state index in [2.05, 4.69) is 5.32 Å². The molecule has 2 aromatic carbocycles. The van der Waals surface area contributed by atoms with Crippen LogP contribution in [0.3, 0.4) is 0 Å². The second-order valence-electron chi connectivity index (χ2n) is 5.13. The molecular weight excluding hydrogens is 356 g/mol. The summed E-state index contributed by atoms with van der Waals surface area (Å²) in [6.07, 6.45) is 1.37. The van der Waals surface area contributed by atoms with Gasteiger partial charge in [0.1, 0.15) is 17.4 Å². The lowest BCUT2D eigenvalue weighted by molar-refractivity contribution is -0.112. The summed E-state index contributed by atoms with van der Waals surface area (Å²) < 4.78 is 5.47. The zero-order valence-corrected chi connectivity index (χ0v) is 14.6. The van der Waals surface area contributed by atoms with E-state index in [0.717, 1.165) is 0 Å². The van der Waals surface area contributed by atoms with Crippen molar-refractivity contribution in [1.82, 2.24) is 0 Å². The van der Waals surface area contributed by atoms with E-state index >= 15 is 0 Å². The number of rotatable bonds is 6. The first-order valence-corrected chi connectivity index (χ1v) is 8.01. The number of hydrogen-bond acceptors (Lipinski definition) is 4. The normalized spacial score (nSPS) is 10.7. The monoisotopic (exact) mass is 370 g/mol. The van der Waals surface area contributed by atoms with Crippen LogP contribution in [-0.4, -0.2) is 23.6 Å². The molecule has 0 heterocycles. The van der Waals surface area contributed by atoms with Crippen molar-refractivity contribution in [3.63, 3.8) is 0 Å². The van der Waals surface area contributed by atoms with E-state index in [1.807, 2.05) is 13.0 Å². The number of aromatic carboxylic acids is 1. The Hall–Kier alpha value is -3.30. The second kappa shape index (κ2) is 8.70. The molecule has 6 nitrogen and oxygen atoms in total. The van der Waals surface area contributed by atoms with Crippen molar-refractivity contribution < 1.29 is 19.4 Å². The Balaban J connectivity index is 2.31. The maximum absolute atomic E-state index is 12.4. The number of hydrogen-bond donors (Lipinski definition) is 2. The number of nitrogens with zero attached hydrogens (tertiary/aromatic N) is 1. The van der Waals surface area contributed by atoms with Gasteiger partial charge >= 0.3 is 5.97 Å². The third-order valence-electron chi connectivity index (χ3n) is 3.30. The Morgan fingerprint density at radius 3 is 2.73 bits per heavy atom. The predicted octanol–water partition coefficient (Wildman–Crippen LogP) is 3.98. The van der Waals surface area contributed by atoms with E-state index in [4.69, 9.17) is 21.4 Å². The molecule has 1 amide bonds. The topological polar surface area (TPSA) is 99.4 Å². The van der Waals surface area contributed by atoms with Gasteiger partial charge < -0.3 is 15.2 Å². The number of carboxylic acid groups (broad SMARTS) is 1. The van der Waals surface area contributed by atoms with E-state index in [-0.39, 0.29) is 16.8 Å². The van der Waals surface area contributed by atoms with Gasteiger partial charge in [0.2, 0.25) is 0 Å². The van der Waals surface area contributed by atoms with E-state index in [1.54, 1.807) is 18.2 Å². The molecule has 0 aliphatic rings. The van der Waals surface area contributed by atoms with Gasteiger partial charge in [-0.2, -0.15) is 5.26 Å². The summed E-state index contributed by atoms with van der Waals surface area (Å²) in [6.45, 7) is 2.23. The van der Waals surface area contributed by atoms with Crippen molar-refractivity contribution in [2.75, 3.05) is 11.9 Å². The number of carboxylic acids is 1. The molecule has 26 heavy (non-hydrogen) atoms. The third-order valence-corrected chi connectivity index (χ3v) is 3.54. The summed E-state index contributed by atoms with van der Waals surface area (Å²) in [5.41, 5.74) is 0.616. The van der Waals surface area contributed by atoms with Crippen molar-refractivity contribution in [1.29, 1.82) is 5.26 Å². The summed E-state index contributed by atoms with van der Waals surface area (Å²) >= 11 is 5.98. The number of amides is 1. The zero-order chi connectivity index (χ0) is 19.1. The van der Waals surface area contributed by atoms with Gasteiger partial charge in [-0.15, -0.1) is 0 Å². The van der Waals surface area contributed by atoms with Crippen LogP contribution < -0.4 is 10.1 Å². The van der Waals surface area contributed by atoms with Crippen LogP contribution in [0.15, 0.2) is 48.0 Å². The lowest BCUT2D eigenvalue weighted by Gasteiger charge is -2.09. The molecule has 0 aliphatic carbocycles. The van der Waals surface area contributed by atoms with E-state index in [0.29, 0.717) is 22.9 Å². The lowest BCUT2D eigenvalue weighted by atomic mass is 10.1. The largest absolute Gasteiger partial charge is 0.493 e. The number of carbonyl (C=O) groups excluding carboxylic acids is 1. The first-order valence-electron chi connectivity index (χ1n) is 7.63. The number of carbonyl (C=O) groups is 2. The summed E-state index contributed by atoms with van der Waals surface area (Å²) in [4.78, 5) is 23.4. The molecule has 0 radical (unpaired) electrons. The summed E-state index contributed by atoms with van der Waals surface area (Å²) in [5.74, 6) is -1.29. The summed E-state index contributed by atoms with van der Waals surface area (Å²) in [7, 11) is 0. The highest BCUT2D eigenvalue weighted by Crippen LogP contribution is 2.25. The SMILES string of the molecule is CCOc1ccc(Cl)cc1/C=C(\C#N)C(=O)Nc1cccc(C(=O)O)c1. The molecule has 0 spiro atoms. The third kappa shape index (κ3) is 4.85. The molecule has 0 aromatic heterocycles. The molecule has 0 bridgehead atoms. The van der Waals surface area contributed by atoms with Crippen molar-refractivity contribution >= 4 is 35.2 Å². The minimum absolute atomic E-state index is 0.0266. The van der Waals surface area contributed by atoms with Gasteiger partial charge in [0.15, 0.2) is 0 Å². The Morgan fingerprint density at radius 2 is 2.08 bits per heavy atom. The van der Waals surface area contributed by atoms with Crippen molar-refractivity contribution in [3.05, 3.63) is 64.2 Å². The number of halogens is 1. The van der Waals surface area contributed by atoms with Gasteiger partial charge in [-0.25, -0.2) is 4.79 Å². The van der Waals surface area contributed by atoms with Crippen molar-refractivity contribution in [2.24, 2.45) is 0 Å². The lowest BCUT2D eigenvalue weighted by Crippen LogP contribution is -2.14. The van der Waals surface area contributed by atoms with Crippen LogP contribution in [0.25, 0.3) is 6.08 Å². The molecule has 7 heteroatoms. The minimum atomic E-state index is -1.11. The highest BCUT2D eigenvalue weighted by atomic mass is 35.5. The van der Waals surface area contributed by atoms with Gasteiger partial charge in [-0.3, -0.25) is 4.79 Å². The summed E-state index contributed by atoms with van der Waals surface area (Å²) in [5, 5.41) is 21.3. The Morgan fingerprint density at radius 1 is 1.31 bits per heavy atom. The van der Waals surface area contributed by atoms with Crippen LogP contribution >= 0.6 is 11.6 Å². The fourth-order valence-electron chi connectivity index (χ4n) is 2.15. The van der Waals surface area contributed by atoms with E-state index in [9.17, 15) is 14.9 Å². The van der Waals surface area contributed by atoms with Crippen LogP contribution in [-0.2, 0) is 4.79 Å². The molecule has 132 valence electrons. The number of ether oxygens (including phenoxy) is 1. The molecular formula is C19H15ClN2O4. The Labute approximate surface area is 155 Å². The van der Waals surface area contributed by atoms with Crippen LogP contribution in [0.1, 0.15) is 22.8 Å². The molecule has 2 N–H and O–H groups in total. The predicted molar refractivity (Wildman–Crippen MR) is 98.2 cm³/mol. The Kier molecular flexibility index (Phi) is 6.36. The fourth-order valence-corrected chi connectivity index (χ4v) is 2.33. The minimum Gasteiger partial charge on any atom is -0.493 e. The number of nitrogens with one attached hydrogen (secondary N) is 1. The molecule has 2 aromatic rings. The van der Waals surface area contributed by atoms with E-state index in [1.165, 1.54) is 30.3 Å². The van der Waals surface area contributed by atoms with Gasteiger partial charge in [0.25, 0.3) is 5.91 Å². The molecule has 0 fully saturated rings. The maximum atomic E-state index is 12.4. The maximum Gasteiger partial charge on any atom is 0.335 e. The second-order valence-corrected chi connectivity index (χ2v) is 5.56. The number of nitriles is 1. The fraction of sp³-hybridized carbons (Fsp3) is 0.105. The molecule has 0 aliphatic heterocycles. The van der Waals surface area contributed by atoms with Gasteiger partial charge in [0.05, 0.1) is 12.2 Å². The van der Waals surface area contributed by atoms with Crippen LogP contribution in [0.2, 0.25) is 5.02 Å². The van der Waals surface area contributed by atoms with Crippen LogP contribution in [0, 0.1) is 11.3 Å². The Bertz CT molecular complexity index is 916. The molecule has 0 saturated carbocycles. The summed E-state index contributed by atoms with van der Waals surface area (Å²) in [6, 6.07) is 12.5. The van der Waals surface area contributed by atoms with Crippen molar-refractivity contribution in [3.8, 4) is 11.8 Å². The van der Waals surface area contributed by atoms with Crippen LogP contribution in [0.5, 0.6) is 5.75 Å².